The quantitative estimate of drug-likeness (QED) is 0.357. The van der Waals surface area contributed by atoms with Gasteiger partial charge in [-0.05, 0) is 48.2 Å². The van der Waals surface area contributed by atoms with Crippen molar-refractivity contribution in [3.05, 3.63) is 100 Å². The predicted octanol–water partition coefficient (Wildman–Crippen LogP) is 4.53. The number of para-hydroxylation sites is 1. The van der Waals surface area contributed by atoms with E-state index in [4.69, 9.17) is 9.47 Å². The molecule has 0 saturated carbocycles. The molecular formula is C25H22FN3O4S. The van der Waals surface area contributed by atoms with Crippen molar-refractivity contribution in [1.29, 1.82) is 0 Å². The van der Waals surface area contributed by atoms with Gasteiger partial charge in [-0.15, -0.1) is 11.3 Å². The summed E-state index contributed by atoms with van der Waals surface area (Å²) in [4.78, 5) is 26.1. The lowest BCUT2D eigenvalue weighted by Gasteiger charge is -2.18. The number of hydrogen-bond donors (Lipinski definition) is 1. The number of thiophene rings is 1. The van der Waals surface area contributed by atoms with E-state index in [2.05, 4.69) is 10.4 Å². The van der Waals surface area contributed by atoms with E-state index in [9.17, 15) is 14.0 Å². The number of halogens is 1. The second kappa shape index (κ2) is 10.8. The third-order valence-electron chi connectivity index (χ3n) is 4.87. The summed E-state index contributed by atoms with van der Waals surface area (Å²) in [7, 11) is 0. The van der Waals surface area contributed by atoms with Crippen LogP contribution in [0, 0.1) is 5.82 Å². The van der Waals surface area contributed by atoms with Gasteiger partial charge in [-0.25, -0.2) is 13.9 Å². The van der Waals surface area contributed by atoms with Crippen molar-refractivity contribution < 1.29 is 23.5 Å². The van der Waals surface area contributed by atoms with E-state index in [0.717, 1.165) is 16.1 Å². The Morgan fingerprint density at radius 1 is 1.09 bits per heavy atom. The number of amides is 1. The van der Waals surface area contributed by atoms with Gasteiger partial charge in [0.1, 0.15) is 5.82 Å². The second-order valence-electron chi connectivity index (χ2n) is 7.20. The Bertz CT molecular complexity index is 1240. The highest BCUT2D eigenvalue weighted by atomic mass is 32.1. The molecule has 0 aliphatic rings. The number of carbonyl (C=O) groups is 2. The highest BCUT2D eigenvalue weighted by Gasteiger charge is 2.23. The smallest absolute Gasteiger partial charge is 0.362 e. The molecular weight excluding hydrogens is 457 g/mol. The van der Waals surface area contributed by atoms with Gasteiger partial charge in [0, 0.05) is 4.88 Å². The van der Waals surface area contributed by atoms with E-state index in [1.54, 1.807) is 19.1 Å². The molecule has 1 amide bonds. The monoisotopic (exact) mass is 479 g/mol. The van der Waals surface area contributed by atoms with E-state index < -0.39 is 17.9 Å². The molecule has 2 heterocycles. The van der Waals surface area contributed by atoms with Crippen LogP contribution in [0.15, 0.2) is 78.3 Å². The van der Waals surface area contributed by atoms with Crippen molar-refractivity contribution in [1.82, 2.24) is 15.1 Å². The Morgan fingerprint density at radius 2 is 1.85 bits per heavy atom. The van der Waals surface area contributed by atoms with Crippen LogP contribution in [0.4, 0.5) is 4.39 Å². The van der Waals surface area contributed by atoms with Crippen molar-refractivity contribution in [2.24, 2.45) is 0 Å². The molecule has 2 aromatic heterocycles. The zero-order valence-electron chi connectivity index (χ0n) is 18.3. The minimum Gasteiger partial charge on any atom is -0.480 e. The summed E-state index contributed by atoms with van der Waals surface area (Å²) in [5.41, 5.74) is 1.44. The molecule has 0 bridgehead atoms. The topological polar surface area (TPSA) is 82.4 Å². The summed E-state index contributed by atoms with van der Waals surface area (Å²) in [6.07, 6.45) is 1.53. The lowest BCUT2D eigenvalue weighted by Crippen LogP contribution is -2.33. The van der Waals surface area contributed by atoms with E-state index >= 15 is 0 Å². The maximum Gasteiger partial charge on any atom is 0.362 e. The Hall–Kier alpha value is -3.98. The van der Waals surface area contributed by atoms with E-state index in [1.807, 2.05) is 47.8 Å². The average Bonchev–Trinajstić information content (AvgIpc) is 3.53. The summed E-state index contributed by atoms with van der Waals surface area (Å²) in [5.74, 6) is -1.28. The fraction of sp³-hybridized carbons (Fsp3) is 0.160. The number of hydrogen-bond acceptors (Lipinski definition) is 6. The number of carbonyl (C=O) groups excluding carboxylic acids is 2. The average molecular weight is 480 g/mol. The number of aromatic nitrogens is 2. The van der Waals surface area contributed by atoms with E-state index in [0.29, 0.717) is 0 Å². The first kappa shape index (κ1) is 23.2. The highest BCUT2D eigenvalue weighted by molar-refractivity contribution is 7.10. The van der Waals surface area contributed by atoms with Crippen LogP contribution in [0.5, 0.6) is 5.75 Å². The molecule has 0 aliphatic carbocycles. The molecule has 0 aliphatic heterocycles. The molecule has 174 valence electrons. The van der Waals surface area contributed by atoms with Gasteiger partial charge >= 0.3 is 5.97 Å². The van der Waals surface area contributed by atoms with Crippen molar-refractivity contribution in [3.8, 4) is 11.4 Å². The van der Waals surface area contributed by atoms with Crippen LogP contribution < -0.4 is 10.1 Å². The molecule has 2 aromatic carbocycles. The van der Waals surface area contributed by atoms with Crippen LogP contribution in [-0.4, -0.2) is 34.9 Å². The summed E-state index contributed by atoms with van der Waals surface area (Å²) >= 11 is 1.48. The molecule has 0 fully saturated rings. The number of nitrogens with one attached hydrogen (secondary N) is 1. The molecule has 4 rings (SSSR count). The van der Waals surface area contributed by atoms with Crippen molar-refractivity contribution >= 4 is 23.2 Å². The fourth-order valence-electron chi connectivity index (χ4n) is 3.29. The minimum absolute atomic E-state index is 0.0214. The van der Waals surface area contributed by atoms with Crippen LogP contribution in [0.3, 0.4) is 0 Å². The molecule has 7 nitrogen and oxygen atoms in total. The molecule has 0 radical (unpaired) electrons. The molecule has 4 aromatic rings. The van der Waals surface area contributed by atoms with Gasteiger partial charge in [0.2, 0.25) is 5.69 Å². The molecule has 1 unspecified atom stereocenters. The third-order valence-corrected chi connectivity index (χ3v) is 5.80. The predicted molar refractivity (Wildman–Crippen MR) is 126 cm³/mol. The van der Waals surface area contributed by atoms with Crippen LogP contribution in [0.25, 0.3) is 5.69 Å². The Balaban J connectivity index is 1.51. The summed E-state index contributed by atoms with van der Waals surface area (Å²) < 4.78 is 25.7. The SMILES string of the molecule is CCOC(=O)c1nn(-c2ccccc2)cc1OCC(=O)NC(c1ccc(F)cc1)c1cccs1. The van der Waals surface area contributed by atoms with Crippen LogP contribution >= 0.6 is 11.3 Å². The number of rotatable bonds is 9. The Labute approximate surface area is 199 Å². The first-order valence-electron chi connectivity index (χ1n) is 10.6. The normalized spacial score (nSPS) is 11.6. The lowest BCUT2D eigenvalue weighted by molar-refractivity contribution is -0.123. The van der Waals surface area contributed by atoms with Gasteiger partial charge < -0.3 is 14.8 Å². The van der Waals surface area contributed by atoms with Gasteiger partial charge in [0.25, 0.3) is 5.91 Å². The minimum atomic E-state index is -0.643. The first-order chi connectivity index (χ1) is 16.5. The second-order valence-corrected chi connectivity index (χ2v) is 8.18. The fourth-order valence-corrected chi connectivity index (χ4v) is 4.10. The van der Waals surface area contributed by atoms with Crippen LogP contribution in [0.2, 0.25) is 0 Å². The standard InChI is InChI=1S/C25H22FN3O4S/c1-2-32-25(31)24-20(15-29(28-24)19-7-4-3-5-8-19)33-16-22(30)27-23(21-9-6-14-34-21)17-10-12-18(26)13-11-17/h3-15,23H,2,16H2,1H3,(H,27,30). The maximum atomic E-state index is 13.4. The molecule has 0 spiro atoms. The molecule has 9 heteroatoms. The molecule has 34 heavy (non-hydrogen) atoms. The van der Waals surface area contributed by atoms with Gasteiger partial charge in [0.05, 0.1) is 24.5 Å². The molecule has 1 atom stereocenters. The van der Waals surface area contributed by atoms with Gasteiger partial charge in [-0.1, -0.05) is 36.4 Å². The Morgan fingerprint density at radius 3 is 2.53 bits per heavy atom. The van der Waals surface area contributed by atoms with Crippen molar-refractivity contribution in [2.45, 2.75) is 13.0 Å². The highest BCUT2D eigenvalue weighted by Crippen LogP contribution is 2.26. The van der Waals surface area contributed by atoms with Crippen molar-refractivity contribution in [2.75, 3.05) is 13.2 Å². The maximum absolute atomic E-state index is 13.4. The Kier molecular flexibility index (Phi) is 7.34. The summed E-state index contributed by atoms with van der Waals surface area (Å²) in [6.45, 7) is 1.52. The number of esters is 1. The number of benzene rings is 2. The van der Waals surface area contributed by atoms with Crippen molar-refractivity contribution in [3.63, 3.8) is 0 Å². The zero-order chi connectivity index (χ0) is 23.9. The number of nitrogens with zero attached hydrogens (tertiary/aromatic N) is 2. The first-order valence-corrected chi connectivity index (χ1v) is 11.5. The van der Waals surface area contributed by atoms with E-state index in [1.165, 1.54) is 34.3 Å². The van der Waals surface area contributed by atoms with Gasteiger partial charge in [-0.2, -0.15) is 5.10 Å². The zero-order valence-corrected chi connectivity index (χ0v) is 19.1. The van der Waals surface area contributed by atoms with Gasteiger partial charge in [-0.3, -0.25) is 4.79 Å². The number of ether oxygens (including phenoxy) is 2. The molecule has 0 saturated heterocycles. The third kappa shape index (κ3) is 5.49. The largest absolute Gasteiger partial charge is 0.480 e. The van der Waals surface area contributed by atoms with Gasteiger partial charge in [0.15, 0.2) is 12.4 Å². The lowest BCUT2D eigenvalue weighted by atomic mass is 10.1. The van der Waals surface area contributed by atoms with E-state index in [-0.39, 0.29) is 30.5 Å². The van der Waals surface area contributed by atoms with Crippen LogP contribution in [-0.2, 0) is 9.53 Å². The molecule has 1 N–H and O–H groups in total. The summed E-state index contributed by atoms with van der Waals surface area (Å²) in [5, 5.41) is 9.11. The summed E-state index contributed by atoms with van der Waals surface area (Å²) in [6, 6.07) is 18.5. The van der Waals surface area contributed by atoms with Crippen LogP contribution in [0.1, 0.15) is 33.9 Å².